The van der Waals surface area contributed by atoms with E-state index in [1.165, 1.54) is 11.3 Å². The van der Waals surface area contributed by atoms with Crippen molar-refractivity contribution >= 4 is 28.3 Å². The van der Waals surface area contributed by atoms with Crippen molar-refractivity contribution < 1.29 is 19.4 Å². The van der Waals surface area contributed by atoms with E-state index < -0.39 is 6.10 Å². The molecule has 0 bridgehead atoms. The number of thiazole rings is 1. The molecule has 2 amide bonds. The molecule has 2 aliphatic carbocycles. The van der Waals surface area contributed by atoms with E-state index in [-0.39, 0.29) is 47.4 Å². The monoisotopic (exact) mass is 509 g/mol. The van der Waals surface area contributed by atoms with Gasteiger partial charge in [-0.1, -0.05) is 26.7 Å². The zero-order valence-electron chi connectivity index (χ0n) is 21.6. The van der Waals surface area contributed by atoms with Crippen molar-refractivity contribution in [3.63, 3.8) is 0 Å². The van der Waals surface area contributed by atoms with Gasteiger partial charge < -0.3 is 14.7 Å². The number of anilines is 1. The molecule has 0 radical (unpaired) electrons. The summed E-state index contributed by atoms with van der Waals surface area (Å²) < 4.78 is 5.17. The van der Waals surface area contributed by atoms with Crippen LogP contribution in [0, 0.1) is 35.5 Å². The van der Waals surface area contributed by atoms with Crippen LogP contribution in [0.15, 0.2) is 24.3 Å². The number of terminal acetylenes is 1. The maximum absolute atomic E-state index is 12.9. The molecule has 1 aromatic heterocycles. The van der Waals surface area contributed by atoms with Gasteiger partial charge in [0.1, 0.15) is 5.75 Å². The van der Waals surface area contributed by atoms with Crippen molar-refractivity contribution in [1.29, 1.82) is 0 Å². The molecule has 1 fully saturated rings. The Kier molecular flexibility index (Phi) is 7.44. The smallest absolute Gasteiger partial charge is 0.257 e. The number of rotatable bonds is 6. The maximum Gasteiger partial charge on any atom is 0.257 e. The molecule has 0 aliphatic heterocycles. The van der Waals surface area contributed by atoms with Gasteiger partial charge in [0.15, 0.2) is 5.13 Å². The van der Waals surface area contributed by atoms with Gasteiger partial charge >= 0.3 is 0 Å². The fourth-order valence-corrected chi connectivity index (χ4v) is 7.52. The number of benzene rings is 1. The normalized spacial score (nSPS) is 27.7. The minimum Gasteiger partial charge on any atom is -0.497 e. The molecule has 36 heavy (non-hydrogen) atoms. The molecular formula is C28H35N3O4S. The molecule has 0 spiro atoms. The summed E-state index contributed by atoms with van der Waals surface area (Å²) >= 11 is 1.52. The molecule has 2 aromatic rings. The summed E-state index contributed by atoms with van der Waals surface area (Å²) in [6, 6.07) is 6.95. The van der Waals surface area contributed by atoms with Crippen molar-refractivity contribution in [3.05, 3.63) is 40.4 Å². The first-order chi connectivity index (χ1) is 17.1. The average Bonchev–Trinajstić information content (AvgIpc) is 3.25. The zero-order valence-corrected chi connectivity index (χ0v) is 22.4. The van der Waals surface area contributed by atoms with Crippen molar-refractivity contribution in [3.8, 4) is 18.1 Å². The molecular weight excluding hydrogens is 474 g/mol. The maximum atomic E-state index is 12.9. The Hall–Kier alpha value is -2.89. The molecule has 0 saturated heterocycles. The third kappa shape index (κ3) is 4.74. The highest BCUT2D eigenvalue weighted by molar-refractivity contribution is 7.15. The van der Waals surface area contributed by atoms with Crippen LogP contribution in [0.3, 0.4) is 0 Å². The van der Waals surface area contributed by atoms with E-state index in [4.69, 9.17) is 16.1 Å². The summed E-state index contributed by atoms with van der Waals surface area (Å²) in [7, 11) is 3.30. The van der Waals surface area contributed by atoms with E-state index in [9.17, 15) is 14.7 Å². The van der Waals surface area contributed by atoms with E-state index >= 15 is 0 Å². The highest BCUT2D eigenvalue weighted by atomic mass is 32.1. The summed E-state index contributed by atoms with van der Waals surface area (Å²) in [6.45, 7) is 6.51. The number of aliphatic hydroxyl groups excluding tert-OH is 1. The highest BCUT2D eigenvalue weighted by Crippen LogP contribution is 2.57. The average molecular weight is 510 g/mol. The summed E-state index contributed by atoms with van der Waals surface area (Å²) in [5.41, 5.74) is 1.37. The first-order valence-electron chi connectivity index (χ1n) is 12.4. The largest absolute Gasteiger partial charge is 0.497 e. The van der Waals surface area contributed by atoms with Crippen LogP contribution in [0.4, 0.5) is 5.13 Å². The Morgan fingerprint density at radius 1 is 1.39 bits per heavy atom. The number of methoxy groups -OCH3 is 1. The number of carbonyl (C=O) groups excluding carboxylic acids is 2. The topological polar surface area (TPSA) is 91.8 Å². The summed E-state index contributed by atoms with van der Waals surface area (Å²) in [4.78, 5) is 33.2. The Labute approximate surface area is 217 Å². The number of ether oxygens (including phenoxy) is 1. The quantitative estimate of drug-likeness (QED) is 0.570. The predicted molar refractivity (Wildman–Crippen MR) is 141 cm³/mol. The molecule has 1 saturated carbocycles. The van der Waals surface area contributed by atoms with Crippen LogP contribution < -0.4 is 10.1 Å². The minimum absolute atomic E-state index is 0.00479. The first kappa shape index (κ1) is 26.2. The second kappa shape index (κ2) is 10.2. The number of aliphatic hydroxyl groups is 1. The molecule has 7 nitrogen and oxygen atoms in total. The van der Waals surface area contributed by atoms with Crippen LogP contribution in [0.25, 0.3) is 0 Å². The van der Waals surface area contributed by atoms with Gasteiger partial charge in [0.05, 0.1) is 25.5 Å². The summed E-state index contributed by atoms with van der Waals surface area (Å²) in [6.07, 6.45) is 7.27. The van der Waals surface area contributed by atoms with Crippen LogP contribution in [-0.4, -0.2) is 53.6 Å². The van der Waals surface area contributed by atoms with Crippen LogP contribution in [0.5, 0.6) is 5.75 Å². The van der Waals surface area contributed by atoms with Gasteiger partial charge in [0, 0.05) is 29.3 Å². The Balaban J connectivity index is 1.53. The Morgan fingerprint density at radius 3 is 2.72 bits per heavy atom. The van der Waals surface area contributed by atoms with E-state index in [1.54, 1.807) is 43.3 Å². The first-order valence-corrected chi connectivity index (χ1v) is 13.2. The number of fused-ring (bicyclic) bond motifs is 2. The van der Waals surface area contributed by atoms with E-state index in [0.717, 1.165) is 29.8 Å². The summed E-state index contributed by atoms with van der Waals surface area (Å²) in [5, 5.41) is 15.1. The van der Waals surface area contributed by atoms with Crippen LogP contribution >= 0.6 is 11.3 Å². The standard InChI is InChI=1S/C28H35N3O4S/c1-7-14-31(5)26(34)16(2)20-12-13-28(4)15-21-23(17(3)22(28)24(20)32)29-27(36-21)30-25(33)18-8-10-19(35-6)11-9-18/h1,8-11,16-17,20,22,24,32H,12-15H2,2-6H3,(H,29,30,33)/t16-,17+,20+,22+,24-,28+/m0/s1. The lowest BCUT2D eigenvalue weighted by Gasteiger charge is -2.53. The number of nitrogens with one attached hydrogen (secondary N) is 1. The lowest BCUT2D eigenvalue weighted by atomic mass is 9.53. The second-order valence-electron chi connectivity index (χ2n) is 10.5. The zero-order chi connectivity index (χ0) is 26.2. The van der Waals surface area contributed by atoms with Crippen molar-refractivity contribution in [1.82, 2.24) is 9.88 Å². The molecule has 1 aromatic carbocycles. The van der Waals surface area contributed by atoms with Gasteiger partial charge in [-0.25, -0.2) is 4.98 Å². The molecule has 8 heteroatoms. The van der Waals surface area contributed by atoms with Crippen molar-refractivity contribution in [2.45, 2.75) is 52.1 Å². The Morgan fingerprint density at radius 2 is 2.08 bits per heavy atom. The molecule has 4 rings (SSSR count). The van der Waals surface area contributed by atoms with Crippen molar-refractivity contribution in [2.75, 3.05) is 26.0 Å². The fraction of sp³-hybridized carbons (Fsp3) is 0.536. The lowest BCUT2D eigenvalue weighted by molar-refractivity contribution is -0.142. The molecule has 6 atom stereocenters. The number of nitrogens with zero attached hydrogens (tertiary/aromatic N) is 2. The number of carbonyl (C=O) groups is 2. The van der Waals surface area contributed by atoms with E-state index in [2.05, 4.69) is 25.1 Å². The third-order valence-electron chi connectivity index (χ3n) is 8.23. The lowest BCUT2D eigenvalue weighted by Crippen LogP contribution is -2.53. The number of hydrogen-bond acceptors (Lipinski definition) is 6. The number of hydrogen-bond donors (Lipinski definition) is 2. The third-order valence-corrected chi connectivity index (χ3v) is 9.22. The minimum atomic E-state index is -0.621. The molecule has 1 heterocycles. The van der Waals surface area contributed by atoms with Gasteiger partial charge in [-0.2, -0.15) is 0 Å². The molecule has 2 aliphatic rings. The molecule has 192 valence electrons. The molecule has 0 unspecified atom stereocenters. The van der Waals surface area contributed by atoms with Gasteiger partial charge in [-0.15, -0.1) is 17.8 Å². The Bertz CT molecular complexity index is 1170. The highest BCUT2D eigenvalue weighted by Gasteiger charge is 2.54. The van der Waals surface area contributed by atoms with E-state index in [0.29, 0.717) is 16.4 Å². The summed E-state index contributed by atoms with van der Waals surface area (Å²) in [5.74, 6) is 2.50. The number of aromatic nitrogens is 1. The van der Waals surface area contributed by atoms with Crippen LogP contribution in [-0.2, 0) is 11.2 Å². The molecule has 2 N–H and O–H groups in total. The van der Waals surface area contributed by atoms with Crippen molar-refractivity contribution in [2.24, 2.45) is 23.2 Å². The second-order valence-corrected chi connectivity index (χ2v) is 11.6. The SMILES string of the molecule is C#CCN(C)C(=O)[C@@H](C)[C@H]1CC[C@]2(C)Cc3sc(NC(=O)c4ccc(OC)cc4)nc3[C@H](C)[C@@H]2[C@H]1O. The predicted octanol–water partition coefficient (Wildman–Crippen LogP) is 4.18. The van der Waals surface area contributed by atoms with Gasteiger partial charge in [-0.05, 0) is 60.8 Å². The van der Waals surface area contributed by atoms with Crippen LogP contribution in [0.1, 0.15) is 60.5 Å². The number of amides is 2. The fourth-order valence-electron chi connectivity index (χ4n) is 6.26. The van der Waals surface area contributed by atoms with E-state index in [1.807, 2.05) is 6.92 Å². The van der Waals surface area contributed by atoms with Gasteiger partial charge in [0.25, 0.3) is 5.91 Å². The van der Waals surface area contributed by atoms with Gasteiger partial charge in [-0.3, -0.25) is 14.9 Å². The van der Waals surface area contributed by atoms with Gasteiger partial charge in [0.2, 0.25) is 5.91 Å². The van der Waals surface area contributed by atoms with Crippen LogP contribution in [0.2, 0.25) is 0 Å².